The van der Waals surface area contributed by atoms with Crippen molar-refractivity contribution in [2.45, 2.75) is 271 Å². The van der Waals surface area contributed by atoms with Gasteiger partial charge in [0.05, 0.1) is 0 Å². The molecule has 6 heteroatoms. The van der Waals surface area contributed by atoms with Gasteiger partial charge in [-0.3, -0.25) is 14.4 Å². The van der Waals surface area contributed by atoms with Crippen molar-refractivity contribution < 1.29 is 28.6 Å². The molecule has 0 radical (unpaired) electrons. The molecule has 0 saturated carbocycles. The minimum Gasteiger partial charge on any atom is -0.462 e. The zero-order valence-corrected chi connectivity index (χ0v) is 42.7. The molecule has 0 spiro atoms. The molecule has 0 N–H and O–H groups in total. The molecule has 0 aromatic carbocycles. The monoisotopic (exact) mass is 907 g/mol. The molecule has 374 valence electrons. The summed E-state index contributed by atoms with van der Waals surface area (Å²) in [5.41, 5.74) is 0. The molecule has 6 nitrogen and oxygen atoms in total. The van der Waals surface area contributed by atoms with E-state index < -0.39 is 6.10 Å². The van der Waals surface area contributed by atoms with Crippen LogP contribution in [0.3, 0.4) is 0 Å². The van der Waals surface area contributed by atoms with E-state index in [1.165, 1.54) is 116 Å². The summed E-state index contributed by atoms with van der Waals surface area (Å²) >= 11 is 0. The van der Waals surface area contributed by atoms with Crippen LogP contribution in [0.25, 0.3) is 0 Å². The maximum atomic E-state index is 12.8. The average molecular weight is 907 g/mol. The third-order valence-corrected chi connectivity index (χ3v) is 11.7. The molecule has 65 heavy (non-hydrogen) atoms. The number of ether oxygens (including phenoxy) is 3. The number of carbonyl (C=O) groups is 3. The van der Waals surface area contributed by atoms with Crippen LogP contribution in [0.2, 0.25) is 0 Å². The highest BCUT2D eigenvalue weighted by Gasteiger charge is 2.19. The average Bonchev–Trinajstić information content (AvgIpc) is 3.30. The molecular formula is C59H102O6. The Kier molecular flexibility index (Phi) is 50.9. The lowest BCUT2D eigenvalue weighted by molar-refractivity contribution is -0.167. The third-order valence-electron chi connectivity index (χ3n) is 11.7. The van der Waals surface area contributed by atoms with Crippen molar-refractivity contribution in [3.05, 3.63) is 72.9 Å². The highest BCUT2D eigenvalue weighted by Crippen LogP contribution is 2.15. The quantitative estimate of drug-likeness (QED) is 0.0262. The molecule has 0 aliphatic rings. The van der Waals surface area contributed by atoms with Crippen molar-refractivity contribution in [2.75, 3.05) is 13.2 Å². The molecule has 0 saturated heterocycles. The summed E-state index contributed by atoms with van der Waals surface area (Å²) in [6.07, 6.45) is 67.3. The number of carbonyl (C=O) groups excluding carboxylic acids is 3. The minimum absolute atomic E-state index is 0.0902. The summed E-state index contributed by atoms with van der Waals surface area (Å²) < 4.78 is 16.8. The molecule has 0 unspecified atom stereocenters. The minimum atomic E-state index is -0.795. The fraction of sp³-hybridized carbons (Fsp3) is 0.746. The number of hydrogen-bond acceptors (Lipinski definition) is 6. The zero-order valence-electron chi connectivity index (χ0n) is 42.7. The molecule has 0 aliphatic carbocycles. The highest BCUT2D eigenvalue weighted by molar-refractivity contribution is 5.71. The lowest BCUT2D eigenvalue weighted by atomic mass is 10.0. The Bertz CT molecular complexity index is 1230. The Morgan fingerprint density at radius 2 is 0.554 bits per heavy atom. The van der Waals surface area contributed by atoms with Crippen molar-refractivity contribution in [1.82, 2.24) is 0 Å². The SMILES string of the molecule is CCCCC/C=C/C/C=C/C/C=C/CCCCCCC(=O)OC[C@@H](COC(=O)CCCCCCCCCCCCCCC)OC(=O)CCCCCC/C=C/C/C=C/C/C=C/CCCCC. The predicted octanol–water partition coefficient (Wildman–Crippen LogP) is 18.2. The molecule has 0 aromatic heterocycles. The second-order valence-corrected chi connectivity index (χ2v) is 18.1. The zero-order chi connectivity index (χ0) is 47.2. The Balaban J connectivity index is 4.46. The maximum Gasteiger partial charge on any atom is 0.306 e. The lowest BCUT2D eigenvalue weighted by Gasteiger charge is -2.18. The van der Waals surface area contributed by atoms with E-state index in [-0.39, 0.29) is 31.1 Å². The van der Waals surface area contributed by atoms with E-state index in [9.17, 15) is 14.4 Å². The first-order chi connectivity index (χ1) is 32.0. The molecule has 0 rings (SSSR count). The molecule has 0 aromatic rings. The van der Waals surface area contributed by atoms with Gasteiger partial charge in [-0.2, -0.15) is 0 Å². The van der Waals surface area contributed by atoms with Gasteiger partial charge in [-0.05, 0) is 96.3 Å². The van der Waals surface area contributed by atoms with Crippen LogP contribution in [-0.2, 0) is 28.6 Å². The van der Waals surface area contributed by atoms with Gasteiger partial charge < -0.3 is 14.2 Å². The molecule has 0 aliphatic heterocycles. The summed E-state index contributed by atoms with van der Waals surface area (Å²) in [4.78, 5) is 38.1. The van der Waals surface area contributed by atoms with Crippen molar-refractivity contribution in [1.29, 1.82) is 0 Å². The lowest BCUT2D eigenvalue weighted by Crippen LogP contribution is -2.30. The summed E-state index contributed by atoms with van der Waals surface area (Å²) in [7, 11) is 0. The first-order valence-electron chi connectivity index (χ1n) is 27.4. The van der Waals surface area contributed by atoms with Gasteiger partial charge in [-0.1, -0.05) is 222 Å². The standard InChI is InChI=1S/C59H102O6/c1-4-7-10-13-16-19-22-25-27-29-31-34-37-40-43-46-49-52-58(61)64-55-56(54-63-57(60)51-48-45-42-39-36-33-24-21-18-15-12-9-6-3)65-59(62)53-50-47-44-41-38-35-32-30-28-26-23-20-17-14-11-8-5-2/h16-17,19-20,25-28,31-32,34-35,56H,4-15,18,21-24,29-30,33,36-55H2,1-3H3/b19-16+,20-17+,27-25+,28-26+,34-31+,35-32+/t56-/m1/s1. The molecule has 0 bridgehead atoms. The highest BCUT2D eigenvalue weighted by atomic mass is 16.6. The third kappa shape index (κ3) is 51.7. The van der Waals surface area contributed by atoms with E-state index in [2.05, 4.69) is 93.7 Å². The van der Waals surface area contributed by atoms with Gasteiger partial charge in [-0.25, -0.2) is 0 Å². The first kappa shape index (κ1) is 61.9. The second kappa shape index (κ2) is 53.5. The Hall–Kier alpha value is -3.15. The van der Waals surface area contributed by atoms with Crippen LogP contribution < -0.4 is 0 Å². The fourth-order valence-electron chi connectivity index (χ4n) is 7.51. The number of rotatable bonds is 49. The first-order valence-corrected chi connectivity index (χ1v) is 27.4. The van der Waals surface area contributed by atoms with Crippen LogP contribution in [0, 0.1) is 0 Å². The summed E-state index contributed by atoms with van der Waals surface area (Å²) in [6, 6.07) is 0. The van der Waals surface area contributed by atoms with E-state index in [1.807, 2.05) is 0 Å². The summed E-state index contributed by atoms with van der Waals surface area (Å²) in [6.45, 7) is 6.55. The second-order valence-electron chi connectivity index (χ2n) is 18.1. The van der Waals surface area contributed by atoms with Crippen molar-refractivity contribution in [3.8, 4) is 0 Å². The predicted molar refractivity (Wildman–Crippen MR) is 279 cm³/mol. The number of unbranched alkanes of at least 4 members (excludes halogenated alkanes) is 26. The molecular weight excluding hydrogens is 805 g/mol. The Morgan fingerprint density at radius 1 is 0.308 bits per heavy atom. The van der Waals surface area contributed by atoms with E-state index in [4.69, 9.17) is 14.2 Å². The van der Waals surface area contributed by atoms with Gasteiger partial charge in [0.25, 0.3) is 0 Å². The van der Waals surface area contributed by atoms with Gasteiger partial charge >= 0.3 is 17.9 Å². The smallest absolute Gasteiger partial charge is 0.306 e. The number of allylic oxidation sites excluding steroid dienone is 12. The Labute approximate surface area is 402 Å². The molecule has 0 fully saturated rings. The number of esters is 3. The van der Waals surface area contributed by atoms with E-state index in [0.29, 0.717) is 19.3 Å². The van der Waals surface area contributed by atoms with E-state index in [1.54, 1.807) is 0 Å². The van der Waals surface area contributed by atoms with Crippen molar-refractivity contribution in [3.63, 3.8) is 0 Å². The Morgan fingerprint density at radius 3 is 0.892 bits per heavy atom. The van der Waals surface area contributed by atoms with Crippen LogP contribution in [-0.4, -0.2) is 37.2 Å². The van der Waals surface area contributed by atoms with Crippen LogP contribution in [0.15, 0.2) is 72.9 Å². The van der Waals surface area contributed by atoms with Crippen LogP contribution >= 0.6 is 0 Å². The van der Waals surface area contributed by atoms with Crippen LogP contribution in [0.4, 0.5) is 0 Å². The van der Waals surface area contributed by atoms with Crippen molar-refractivity contribution in [2.24, 2.45) is 0 Å². The molecule has 1 atom stereocenters. The van der Waals surface area contributed by atoms with E-state index in [0.717, 1.165) is 109 Å². The topological polar surface area (TPSA) is 78.9 Å². The largest absolute Gasteiger partial charge is 0.462 e. The number of hydrogen-bond donors (Lipinski definition) is 0. The van der Waals surface area contributed by atoms with Gasteiger partial charge in [0, 0.05) is 19.3 Å². The van der Waals surface area contributed by atoms with Gasteiger partial charge in [0.1, 0.15) is 13.2 Å². The van der Waals surface area contributed by atoms with Gasteiger partial charge in [-0.15, -0.1) is 0 Å². The van der Waals surface area contributed by atoms with Crippen LogP contribution in [0.1, 0.15) is 265 Å². The molecule has 0 heterocycles. The maximum absolute atomic E-state index is 12.8. The normalized spacial score (nSPS) is 12.6. The van der Waals surface area contributed by atoms with Crippen molar-refractivity contribution >= 4 is 17.9 Å². The van der Waals surface area contributed by atoms with Gasteiger partial charge in [0.2, 0.25) is 0 Å². The molecule has 0 amide bonds. The van der Waals surface area contributed by atoms with E-state index >= 15 is 0 Å². The fourth-order valence-corrected chi connectivity index (χ4v) is 7.51. The van der Waals surface area contributed by atoms with Gasteiger partial charge in [0.15, 0.2) is 6.10 Å². The summed E-state index contributed by atoms with van der Waals surface area (Å²) in [5.74, 6) is -0.929. The summed E-state index contributed by atoms with van der Waals surface area (Å²) in [5, 5.41) is 0. The van der Waals surface area contributed by atoms with Crippen LogP contribution in [0.5, 0.6) is 0 Å².